The van der Waals surface area contributed by atoms with Gasteiger partial charge in [0.1, 0.15) is 23.6 Å². The lowest BCUT2D eigenvalue weighted by Gasteiger charge is -2.47. The van der Waals surface area contributed by atoms with Gasteiger partial charge in [0.2, 0.25) is 11.8 Å². The topological polar surface area (TPSA) is 61.9 Å². The molecule has 0 bridgehead atoms. The van der Waals surface area contributed by atoms with Crippen molar-refractivity contribution in [3.8, 4) is 11.5 Å². The quantitative estimate of drug-likeness (QED) is 0.423. The molecule has 212 valence electrons. The monoisotopic (exact) mass is 553 g/mol. The van der Waals surface area contributed by atoms with E-state index in [0.717, 1.165) is 50.4 Å². The first-order valence-electron chi connectivity index (χ1n) is 14.6. The second kappa shape index (κ2) is 13.7. The maximum Gasteiger partial charge on any atom is 0.246 e. The number of halogens is 1. The van der Waals surface area contributed by atoms with Crippen LogP contribution in [0.5, 0.6) is 11.5 Å². The second-order valence-corrected chi connectivity index (χ2v) is 11.8. The first kappa shape index (κ1) is 29.4. The van der Waals surface area contributed by atoms with Crippen molar-refractivity contribution >= 4 is 24.2 Å². The molecule has 0 spiro atoms. The van der Waals surface area contributed by atoms with Crippen LogP contribution in [0.25, 0.3) is 0 Å². The molecule has 2 aromatic rings. The number of para-hydroxylation sites is 1. The van der Waals surface area contributed by atoms with Gasteiger partial charge in [0, 0.05) is 12.6 Å². The molecule has 1 saturated carbocycles. The summed E-state index contributed by atoms with van der Waals surface area (Å²) < 4.78 is 5.92. The number of nitrogens with zero attached hydrogens (tertiary/aromatic N) is 2. The van der Waals surface area contributed by atoms with Gasteiger partial charge in [-0.1, -0.05) is 62.4 Å². The van der Waals surface area contributed by atoms with E-state index in [9.17, 15) is 9.59 Å². The van der Waals surface area contributed by atoms with Crippen molar-refractivity contribution in [1.82, 2.24) is 15.1 Å². The third-order valence-corrected chi connectivity index (χ3v) is 8.67. The minimum absolute atomic E-state index is 0. The molecule has 2 atom stereocenters. The fraction of sp³-hybridized carbons (Fsp3) is 0.562. The van der Waals surface area contributed by atoms with Crippen molar-refractivity contribution in [2.45, 2.75) is 89.9 Å². The predicted octanol–water partition coefficient (Wildman–Crippen LogP) is 6.19. The van der Waals surface area contributed by atoms with Gasteiger partial charge in [-0.3, -0.25) is 14.5 Å². The highest BCUT2D eigenvalue weighted by Gasteiger charge is 2.46. The molecule has 2 aromatic carbocycles. The van der Waals surface area contributed by atoms with E-state index >= 15 is 0 Å². The van der Waals surface area contributed by atoms with Gasteiger partial charge in [0.15, 0.2) is 0 Å². The summed E-state index contributed by atoms with van der Waals surface area (Å²) in [6, 6.07) is 17.5. The van der Waals surface area contributed by atoms with Crippen molar-refractivity contribution in [2.24, 2.45) is 11.8 Å². The highest BCUT2D eigenvalue weighted by atomic mass is 35.5. The molecule has 0 radical (unpaired) electrons. The Hall–Kier alpha value is -2.57. The van der Waals surface area contributed by atoms with Gasteiger partial charge in [0.25, 0.3) is 0 Å². The number of piperazine rings is 1. The van der Waals surface area contributed by atoms with E-state index < -0.39 is 0 Å². The Morgan fingerprint density at radius 3 is 2.15 bits per heavy atom. The van der Waals surface area contributed by atoms with Gasteiger partial charge < -0.3 is 15.0 Å². The van der Waals surface area contributed by atoms with E-state index in [1.807, 2.05) is 47.4 Å². The van der Waals surface area contributed by atoms with E-state index in [-0.39, 0.29) is 48.3 Å². The fourth-order valence-corrected chi connectivity index (χ4v) is 6.67. The number of amides is 2. The van der Waals surface area contributed by atoms with Crippen molar-refractivity contribution in [3.63, 3.8) is 0 Å². The van der Waals surface area contributed by atoms with Crippen LogP contribution in [-0.2, 0) is 16.1 Å². The van der Waals surface area contributed by atoms with Gasteiger partial charge in [0.05, 0.1) is 0 Å². The predicted molar refractivity (Wildman–Crippen MR) is 157 cm³/mol. The summed E-state index contributed by atoms with van der Waals surface area (Å²) in [6.45, 7) is 6.86. The molecule has 1 unspecified atom stereocenters. The van der Waals surface area contributed by atoms with Crippen LogP contribution in [0.1, 0.15) is 70.8 Å². The van der Waals surface area contributed by atoms with E-state index in [0.29, 0.717) is 5.92 Å². The molecule has 2 amide bonds. The largest absolute Gasteiger partial charge is 0.457 e. The molecule has 6 nitrogen and oxygen atoms in total. The molecule has 3 aliphatic rings. The summed E-state index contributed by atoms with van der Waals surface area (Å²) in [5.41, 5.74) is 1.25. The van der Waals surface area contributed by atoms with Gasteiger partial charge >= 0.3 is 0 Å². The number of hydrogen-bond donors (Lipinski definition) is 1. The third kappa shape index (κ3) is 7.34. The minimum Gasteiger partial charge on any atom is -0.457 e. The number of hydrogen-bond acceptors (Lipinski definition) is 4. The molecule has 2 saturated heterocycles. The molecule has 1 N–H and O–H groups in total. The molecule has 1 aliphatic carbocycles. The van der Waals surface area contributed by atoms with Crippen molar-refractivity contribution in [1.29, 1.82) is 0 Å². The summed E-state index contributed by atoms with van der Waals surface area (Å²) in [6.07, 6.45) is 8.83. The summed E-state index contributed by atoms with van der Waals surface area (Å²) in [4.78, 5) is 31.4. The van der Waals surface area contributed by atoms with Gasteiger partial charge in [-0.2, -0.15) is 0 Å². The normalized spacial score (nSPS) is 23.4. The average Bonchev–Trinajstić information content (AvgIpc) is 2.93. The second-order valence-electron chi connectivity index (χ2n) is 11.8. The van der Waals surface area contributed by atoms with Crippen LogP contribution in [0.4, 0.5) is 0 Å². The van der Waals surface area contributed by atoms with Crippen LogP contribution in [0.2, 0.25) is 0 Å². The number of rotatable bonds is 8. The first-order valence-corrected chi connectivity index (χ1v) is 14.6. The zero-order valence-electron chi connectivity index (χ0n) is 23.4. The number of benzene rings is 2. The summed E-state index contributed by atoms with van der Waals surface area (Å²) >= 11 is 0. The van der Waals surface area contributed by atoms with Crippen molar-refractivity contribution in [2.75, 3.05) is 13.1 Å². The molecule has 5 rings (SSSR count). The summed E-state index contributed by atoms with van der Waals surface area (Å²) in [7, 11) is 0. The van der Waals surface area contributed by atoms with Gasteiger partial charge in [-0.25, -0.2) is 0 Å². The maximum absolute atomic E-state index is 13.6. The van der Waals surface area contributed by atoms with Crippen LogP contribution < -0.4 is 10.1 Å². The van der Waals surface area contributed by atoms with Crippen LogP contribution in [0.3, 0.4) is 0 Å². The van der Waals surface area contributed by atoms with Gasteiger partial charge in [-0.05, 0) is 87.9 Å². The van der Waals surface area contributed by atoms with E-state index in [1.165, 1.54) is 37.7 Å². The molecular formula is C32H44ClN3O3. The Kier molecular flexibility index (Phi) is 10.3. The number of nitrogens with one attached hydrogen (secondary N) is 1. The lowest BCUT2D eigenvalue weighted by Crippen LogP contribution is -2.67. The molecule has 2 aliphatic heterocycles. The minimum atomic E-state index is -0.349. The van der Waals surface area contributed by atoms with Crippen LogP contribution in [0.15, 0.2) is 54.6 Å². The van der Waals surface area contributed by atoms with E-state index in [2.05, 4.69) is 36.2 Å². The lowest BCUT2D eigenvalue weighted by atomic mass is 9.81. The zero-order chi connectivity index (χ0) is 26.5. The maximum atomic E-state index is 13.6. The first-order chi connectivity index (χ1) is 18.5. The lowest BCUT2D eigenvalue weighted by molar-refractivity contribution is -0.155. The molecule has 0 aromatic heterocycles. The zero-order valence-corrected chi connectivity index (χ0v) is 24.2. The number of likely N-dealkylation sites (tertiary alicyclic amines) is 1. The SMILES string of the molecule is CC(C)N1C(=O)[C@H](CC2CCCCC2)NC(=O)C1C1CCN(Cc2ccc(Oc3ccccc3)cc2)CC1.Cl. The Morgan fingerprint density at radius 2 is 1.51 bits per heavy atom. The molecule has 7 heteroatoms. The Balaban J connectivity index is 0.00000353. The van der Waals surface area contributed by atoms with Gasteiger partial charge in [-0.15, -0.1) is 12.4 Å². The van der Waals surface area contributed by atoms with Crippen LogP contribution >= 0.6 is 12.4 Å². The number of piperidine rings is 1. The summed E-state index contributed by atoms with van der Waals surface area (Å²) in [5, 5.41) is 3.16. The summed E-state index contributed by atoms with van der Waals surface area (Å²) in [5.74, 6) is 2.63. The highest BCUT2D eigenvalue weighted by Crippen LogP contribution is 2.33. The number of carbonyl (C=O) groups excluding carboxylic acids is 2. The van der Waals surface area contributed by atoms with E-state index in [1.54, 1.807) is 0 Å². The Morgan fingerprint density at radius 1 is 0.872 bits per heavy atom. The molecule has 2 heterocycles. The van der Waals surface area contributed by atoms with Crippen LogP contribution in [0, 0.1) is 11.8 Å². The smallest absolute Gasteiger partial charge is 0.246 e. The van der Waals surface area contributed by atoms with Crippen molar-refractivity contribution in [3.05, 3.63) is 60.2 Å². The standard InChI is InChI=1S/C32H43N3O3.ClH/c1-23(2)35-30(31(36)33-29(32(35)37)21-24-9-5-3-6-10-24)26-17-19-34(20-18-26)22-25-13-15-28(16-14-25)38-27-11-7-4-8-12-27;/h4,7-8,11-16,23-24,26,29-30H,3,5-6,9-10,17-22H2,1-2H3,(H,33,36);1H/t29-,30?;/m0./s1. The Bertz CT molecular complexity index is 1060. The number of ether oxygens (including phenoxy) is 1. The molecule has 3 fully saturated rings. The van der Waals surface area contributed by atoms with Crippen molar-refractivity contribution < 1.29 is 14.3 Å². The van der Waals surface area contributed by atoms with Crippen LogP contribution in [-0.4, -0.2) is 52.8 Å². The fourth-order valence-electron chi connectivity index (χ4n) is 6.67. The molecular weight excluding hydrogens is 510 g/mol. The average molecular weight is 554 g/mol. The number of carbonyl (C=O) groups is 2. The van der Waals surface area contributed by atoms with E-state index in [4.69, 9.17) is 4.74 Å². The third-order valence-electron chi connectivity index (χ3n) is 8.67. The Labute approximate surface area is 239 Å². The molecule has 39 heavy (non-hydrogen) atoms. The highest BCUT2D eigenvalue weighted by molar-refractivity contribution is 5.97.